The van der Waals surface area contributed by atoms with Crippen molar-refractivity contribution >= 4 is 21.4 Å². The molecule has 0 atom stereocenters. The van der Waals surface area contributed by atoms with E-state index in [0.29, 0.717) is 22.8 Å². The van der Waals surface area contributed by atoms with E-state index in [-0.39, 0.29) is 22.2 Å². The molecule has 32 heavy (non-hydrogen) atoms. The average Bonchev–Trinajstić information content (AvgIpc) is 3.30. The first kappa shape index (κ1) is 21.3. The van der Waals surface area contributed by atoms with Gasteiger partial charge < -0.3 is 19.2 Å². The van der Waals surface area contributed by atoms with E-state index in [4.69, 9.17) is 9.47 Å². The Balaban J connectivity index is 1.47. The minimum Gasteiger partial charge on any atom is -0.493 e. The zero-order chi connectivity index (χ0) is 22.7. The molecule has 0 saturated heterocycles. The van der Waals surface area contributed by atoms with E-state index >= 15 is 0 Å². The van der Waals surface area contributed by atoms with E-state index in [2.05, 4.69) is 15.3 Å². The van der Waals surface area contributed by atoms with Crippen molar-refractivity contribution in [3.63, 3.8) is 0 Å². The highest BCUT2D eigenvalue weighted by Crippen LogP contribution is 2.31. The Kier molecular flexibility index (Phi) is 5.78. The molecule has 9 nitrogen and oxygen atoms in total. The fourth-order valence-corrected chi connectivity index (χ4v) is 4.34. The van der Waals surface area contributed by atoms with Crippen molar-refractivity contribution in [1.82, 2.24) is 19.7 Å². The van der Waals surface area contributed by atoms with Crippen LogP contribution in [0.15, 0.2) is 77.0 Å². The number of methoxy groups -OCH3 is 2. The number of rotatable bonds is 7. The number of hydrogen-bond donors (Lipinski definition) is 1. The first-order valence-electron chi connectivity index (χ1n) is 9.55. The lowest BCUT2D eigenvalue weighted by molar-refractivity contribution is 0.0950. The number of ether oxygens (including phenoxy) is 2. The fourth-order valence-electron chi connectivity index (χ4n) is 3.12. The largest absolute Gasteiger partial charge is 0.493 e. The van der Waals surface area contributed by atoms with Gasteiger partial charge in [0.25, 0.3) is 5.91 Å². The maximum atomic E-state index is 12.9. The van der Waals surface area contributed by atoms with Gasteiger partial charge in [0.05, 0.1) is 41.8 Å². The van der Waals surface area contributed by atoms with E-state index in [1.165, 1.54) is 44.7 Å². The number of carbonyl (C=O) groups is 1. The van der Waals surface area contributed by atoms with Crippen molar-refractivity contribution < 1.29 is 22.7 Å². The number of imidazole rings is 1. The van der Waals surface area contributed by atoms with Crippen LogP contribution < -0.4 is 14.8 Å². The third-order valence-corrected chi connectivity index (χ3v) is 6.59. The Morgan fingerprint density at radius 2 is 1.78 bits per heavy atom. The SMILES string of the molecule is COc1ccc(S(=O)(=O)c2ccc(CNC(=O)c3ccc4nccn4c3)nc2)cc1OC. The molecule has 0 aliphatic carbocycles. The Morgan fingerprint density at radius 1 is 1.00 bits per heavy atom. The molecule has 0 unspecified atom stereocenters. The number of benzene rings is 1. The van der Waals surface area contributed by atoms with Gasteiger partial charge in [-0.25, -0.2) is 13.4 Å². The standard InChI is InChI=1S/C22H20N4O5S/c1-30-19-7-6-17(11-20(19)31-2)32(28,29)18-5-4-16(24-13-18)12-25-22(27)15-3-8-21-23-9-10-26(21)14-15/h3-11,13-14H,12H2,1-2H3,(H,25,27). The summed E-state index contributed by atoms with van der Waals surface area (Å²) >= 11 is 0. The van der Waals surface area contributed by atoms with Gasteiger partial charge in [-0.05, 0) is 36.4 Å². The molecule has 1 amide bonds. The third-order valence-electron chi connectivity index (χ3n) is 4.85. The van der Waals surface area contributed by atoms with E-state index in [0.717, 1.165) is 5.65 Å². The van der Waals surface area contributed by atoms with Crippen LogP contribution in [0.4, 0.5) is 0 Å². The van der Waals surface area contributed by atoms with E-state index in [1.54, 1.807) is 41.2 Å². The second-order valence-corrected chi connectivity index (χ2v) is 8.75. The summed E-state index contributed by atoms with van der Waals surface area (Å²) in [6, 6.07) is 10.8. The molecule has 0 saturated carbocycles. The highest BCUT2D eigenvalue weighted by molar-refractivity contribution is 7.91. The molecule has 0 radical (unpaired) electrons. The Labute approximate surface area is 184 Å². The molecular formula is C22H20N4O5S. The summed E-state index contributed by atoms with van der Waals surface area (Å²) in [6.07, 6.45) is 6.36. The highest BCUT2D eigenvalue weighted by atomic mass is 32.2. The third kappa shape index (κ3) is 4.12. The maximum Gasteiger partial charge on any atom is 0.253 e. The first-order valence-corrected chi connectivity index (χ1v) is 11.0. The zero-order valence-electron chi connectivity index (χ0n) is 17.3. The molecule has 3 aromatic heterocycles. The summed E-state index contributed by atoms with van der Waals surface area (Å²) in [4.78, 5) is 20.8. The molecule has 0 bridgehead atoms. The van der Waals surface area contributed by atoms with Crippen LogP contribution >= 0.6 is 0 Å². The number of hydrogen-bond acceptors (Lipinski definition) is 7. The summed E-state index contributed by atoms with van der Waals surface area (Å²) in [5.41, 5.74) is 1.74. The molecule has 164 valence electrons. The molecule has 4 aromatic rings. The van der Waals surface area contributed by atoms with Gasteiger partial charge in [0, 0.05) is 30.9 Å². The molecule has 0 spiro atoms. The normalized spacial score (nSPS) is 11.3. The van der Waals surface area contributed by atoms with E-state index in [1.807, 2.05) is 0 Å². The minimum atomic E-state index is -3.80. The highest BCUT2D eigenvalue weighted by Gasteiger charge is 2.20. The molecule has 10 heteroatoms. The first-order chi connectivity index (χ1) is 15.4. The fraction of sp³-hybridized carbons (Fsp3) is 0.136. The number of sulfone groups is 1. The lowest BCUT2D eigenvalue weighted by Gasteiger charge is -2.10. The molecule has 1 aromatic carbocycles. The number of aromatic nitrogens is 3. The van der Waals surface area contributed by atoms with Gasteiger partial charge in [0.15, 0.2) is 11.5 Å². The second kappa shape index (κ2) is 8.67. The Bertz CT molecular complexity index is 1380. The van der Waals surface area contributed by atoms with Crippen molar-refractivity contribution in [3.05, 3.63) is 78.5 Å². The van der Waals surface area contributed by atoms with Crippen molar-refractivity contribution in [2.45, 2.75) is 16.3 Å². The van der Waals surface area contributed by atoms with Gasteiger partial charge in [-0.15, -0.1) is 0 Å². The van der Waals surface area contributed by atoms with Crippen LogP contribution in [0.5, 0.6) is 11.5 Å². The molecule has 0 aliphatic rings. The van der Waals surface area contributed by atoms with Crippen LogP contribution in [0.2, 0.25) is 0 Å². The predicted octanol–water partition coefficient (Wildman–Crippen LogP) is 2.51. The predicted molar refractivity (Wildman–Crippen MR) is 116 cm³/mol. The van der Waals surface area contributed by atoms with Crippen molar-refractivity contribution in [2.75, 3.05) is 14.2 Å². The number of nitrogens with one attached hydrogen (secondary N) is 1. The summed E-state index contributed by atoms with van der Waals surface area (Å²) in [5.74, 6) is 0.474. The monoisotopic (exact) mass is 452 g/mol. The van der Waals surface area contributed by atoms with Crippen LogP contribution in [0, 0.1) is 0 Å². The summed E-state index contributed by atoms with van der Waals surface area (Å²) in [6.45, 7) is 0.150. The topological polar surface area (TPSA) is 112 Å². The lowest BCUT2D eigenvalue weighted by atomic mass is 10.2. The van der Waals surface area contributed by atoms with E-state index in [9.17, 15) is 13.2 Å². The van der Waals surface area contributed by atoms with Gasteiger partial charge in [-0.1, -0.05) is 0 Å². The molecule has 4 rings (SSSR count). The van der Waals surface area contributed by atoms with Crippen molar-refractivity contribution in [2.24, 2.45) is 0 Å². The number of amides is 1. The lowest BCUT2D eigenvalue weighted by Crippen LogP contribution is -2.23. The minimum absolute atomic E-state index is 0.0327. The maximum absolute atomic E-state index is 12.9. The smallest absolute Gasteiger partial charge is 0.253 e. The Morgan fingerprint density at radius 3 is 2.50 bits per heavy atom. The van der Waals surface area contributed by atoms with Gasteiger partial charge in [-0.2, -0.15) is 0 Å². The molecule has 1 N–H and O–H groups in total. The number of carbonyl (C=O) groups excluding carboxylic acids is 1. The van der Waals surface area contributed by atoms with E-state index < -0.39 is 9.84 Å². The van der Waals surface area contributed by atoms with Crippen LogP contribution in [-0.4, -0.2) is 42.9 Å². The van der Waals surface area contributed by atoms with Gasteiger partial charge in [0.2, 0.25) is 9.84 Å². The van der Waals surface area contributed by atoms with Crippen LogP contribution in [0.25, 0.3) is 5.65 Å². The quantitative estimate of drug-likeness (QED) is 0.458. The number of nitrogens with zero attached hydrogens (tertiary/aromatic N) is 3. The van der Waals surface area contributed by atoms with Crippen LogP contribution in [0.1, 0.15) is 16.1 Å². The van der Waals surface area contributed by atoms with Crippen LogP contribution in [0.3, 0.4) is 0 Å². The summed E-state index contributed by atoms with van der Waals surface area (Å²) in [5, 5.41) is 2.77. The summed E-state index contributed by atoms with van der Waals surface area (Å²) < 4.78 is 38.0. The van der Waals surface area contributed by atoms with Gasteiger partial charge >= 0.3 is 0 Å². The zero-order valence-corrected chi connectivity index (χ0v) is 18.2. The molecule has 0 fully saturated rings. The van der Waals surface area contributed by atoms with Gasteiger partial charge in [-0.3, -0.25) is 9.78 Å². The second-order valence-electron chi connectivity index (χ2n) is 6.80. The number of pyridine rings is 2. The molecule has 0 aliphatic heterocycles. The van der Waals surface area contributed by atoms with Crippen LogP contribution in [-0.2, 0) is 16.4 Å². The van der Waals surface area contributed by atoms with Gasteiger partial charge in [0.1, 0.15) is 5.65 Å². The van der Waals surface area contributed by atoms with Crippen molar-refractivity contribution in [3.8, 4) is 11.5 Å². The summed E-state index contributed by atoms with van der Waals surface area (Å²) in [7, 11) is -0.884. The molecular weight excluding hydrogens is 432 g/mol. The average molecular weight is 452 g/mol. The Hall–Kier alpha value is -3.92. The number of fused-ring (bicyclic) bond motifs is 1. The molecule has 3 heterocycles. The van der Waals surface area contributed by atoms with Crippen molar-refractivity contribution in [1.29, 1.82) is 0 Å².